The Balaban J connectivity index is 0.00000267. The van der Waals surface area contributed by atoms with Gasteiger partial charge < -0.3 is 14.6 Å². The number of ether oxygens (including phenoxy) is 2. The number of hydrogen-bond acceptors (Lipinski definition) is 8. The van der Waals surface area contributed by atoms with Crippen molar-refractivity contribution in [1.29, 1.82) is 0 Å². The van der Waals surface area contributed by atoms with Crippen LogP contribution in [0.5, 0.6) is 11.5 Å². The predicted molar refractivity (Wildman–Crippen MR) is 139 cm³/mol. The van der Waals surface area contributed by atoms with Crippen molar-refractivity contribution in [2.24, 2.45) is 7.05 Å². The summed E-state index contributed by atoms with van der Waals surface area (Å²) in [6, 6.07) is 11.9. The number of pyridine rings is 1. The Bertz CT molecular complexity index is 1360. The van der Waals surface area contributed by atoms with Crippen molar-refractivity contribution >= 4 is 23.4 Å². The van der Waals surface area contributed by atoms with Crippen LogP contribution in [0, 0.1) is 0 Å². The van der Waals surface area contributed by atoms with E-state index in [1.54, 1.807) is 17.9 Å². The molecule has 36 heavy (non-hydrogen) atoms. The zero-order chi connectivity index (χ0) is 23.9. The summed E-state index contributed by atoms with van der Waals surface area (Å²) in [5.74, 6) is 1.19. The van der Waals surface area contributed by atoms with E-state index < -0.39 is 0 Å². The quantitative estimate of drug-likeness (QED) is 0.434. The zero-order valence-corrected chi connectivity index (χ0v) is 21.1. The highest BCUT2D eigenvalue weighted by atomic mass is 35.5. The Morgan fingerprint density at radius 1 is 1.03 bits per heavy atom. The number of rotatable bonds is 5. The number of benzene rings is 1. The van der Waals surface area contributed by atoms with Crippen molar-refractivity contribution in [2.45, 2.75) is 24.8 Å². The summed E-state index contributed by atoms with van der Waals surface area (Å²) in [7, 11) is 3.46. The first-order valence-electron chi connectivity index (χ1n) is 12.0. The first-order chi connectivity index (χ1) is 17.1. The van der Waals surface area contributed by atoms with E-state index in [1.165, 1.54) is 0 Å². The second kappa shape index (κ2) is 10.0. The molecule has 2 saturated heterocycles. The van der Waals surface area contributed by atoms with E-state index in [-0.39, 0.29) is 18.2 Å². The van der Waals surface area contributed by atoms with Crippen LogP contribution in [0.25, 0.3) is 33.5 Å². The summed E-state index contributed by atoms with van der Waals surface area (Å²) < 4.78 is 12.7. The molecular weight excluding hydrogens is 480 g/mol. The van der Waals surface area contributed by atoms with Crippen LogP contribution in [0.3, 0.4) is 0 Å². The molecule has 1 N–H and O–H groups in total. The second-order valence-electron chi connectivity index (χ2n) is 9.32. The van der Waals surface area contributed by atoms with Crippen molar-refractivity contribution in [2.75, 3.05) is 33.4 Å². The van der Waals surface area contributed by atoms with Gasteiger partial charge in [0.05, 0.1) is 30.4 Å². The van der Waals surface area contributed by atoms with Crippen LogP contribution in [0.2, 0.25) is 0 Å². The normalized spacial score (nSPS) is 17.1. The summed E-state index contributed by atoms with van der Waals surface area (Å²) in [5.41, 5.74) is 5.21. The van der Waals surface area contributed by atoms with Crippen LogP contribution >= 0.6 is 12.4 Å². The number of aromatic nitrogens is 5. The molecule has 0 atom stereocenters. The number of likely N-dealkylation sites (tertiary alicyclic amines) is 1. The molecule has 10 heteroatoms. The molecule has 2 aliphatic heterocycles. The van der Waals surface area contributed by atoms with E-state index >= 15 is 0 Å². The van der Waals surface area contributed by atoms with Gasteiger partial charge in [0.25, 0.3) is 0 Å². The second-order valence-corrected chi connectivity index (χ2v) is 9.32. The summed E-state index contributed by atoms with van der Waals surface area (Å²) in [6.07, 6.45) is 4.08. The first kappa shape index (κ1) is 24.4. The van der Waals surface area contributed by atoms with Crippen LogP contribution in [0.1, 0.15) is 24.5 Å². The van der Waals surface area contributed by atoms with Crippen molar-refractivity contribution in [3.8, 4) is 34.0 Å². The first-order valence-corrected chi connectivity index (χ1v) is 12.0. The minimum Gasteiger partial charge on any atom is -0.507 e. The van der Waals surface area contributed by atoms with Gasteiger partial charge in [-0.1, -0.05) is 6.07 Å². The number of fused-ring (bicyclic) bond motifs is 1. The smallest absolute Gasteiger partial charge is 0.153 e. The fourth-order valence-corrected chi connectivity index (χ4v) is 5.05. The molecule has 0 spiro atoms. The van der Waals surface area contributed by atoms with Crippen molar-refractivity contribution in [3.63, 3.8) is 0 Å². The van der Waals surface area contributed by atoms with Gasteiger partial charge in [-0.05, 0) is 37.1 Å². The van der Waals surface area contributed by atoms with E-state index in [9.17, 15) is 5.11 Å². The molecule has 2 aliphatic rings. The van der Waals surface area contributed by atoms with Gasteiger partial charge in [-0.15, -0.1) is 12.4 Å². The number of phenolic OH excluding ortho intramolecular Hbond substituents is 1. The third kappa shape index (κ3) is 4.50. The maximum absolute atomic E-state index is 10.8. The van der Waals surface area contributed by atoms with Crippen molar-refractivity contribution < 1.29 is 14.6 Å². The minimum atomic E-state index is 0. The standard InChI is InChI=1S/C26H28N6O3.ClH/c1-31-15-23-26(30-31)25(34-2)12-22(27-23)16-3-4-19(24(33)11-16)21-6-5-20(28-29-21)17-13-32(14-17)18-7-9-35-10-8-18;/h3-6,11-12,15,17-18,33H,7-10,13-14H2,1-2H3;1H. The molecule has 0 amide bonds. The molecule has 4 aromatic rings. The van der Waals surface area contributed by atoms with Gasteiger partial charge in [-0.3, -0.25) is 9.58 Å². The minimum absolute atomic E-state index is 0. The largest absolute Gasteiger partial charge is 0.507 e. The molecule has 0 saturated carbocycles. The van der Waals surface area contributed by atoms with Gasteiger partial charge in [0.2, 0.25) is 0 Å². The summed E-state index contributed by atoms with van der Waals surface area (Å²) in [6.45, 7) is 3.78. The van der Waals surface area contributed by atoms with Crippen LogP contribution in [-0.4, -0.2) is 74.4 Å². The predicted octanol–water partition coefficient (Wildman–Crippen LogP) is 3.81. The van der Waals surface area contributed by atoms with Gasteiger partial charge in [0.1, 0.15) is 11.3 Å². The Morgan fingerprint density at radius 2 is 1.83 bits per heavy atom. The highest BCUT2D eigenvalue weighted by Gasteiger charge is 2.34. The number of aryl methyl sites for hydroxylation is 1. The molecule has 2 fully saturated rings. The van der Waals surface area contributed by atoms with Crippen LogP contribution in [-0.2, 0) is 11.8 Å². The third-order valence-electron chi connectivity index (χ3n) is 7.06. The monoisotopic (exact) mass is 508 g/mol. The third-order valence-corrected chi connectivity index (χ3v) is 7.06. The molecule has 5 heterocycles. The Labute approximate surface area is 215 Å². The maximum atomic E-state index is 10.8. The van der Waals surface area contributed by atoms with Crippen molar-refractivity contribution in [1.82, 2.24) is 29.9 Å². The SMILES string of the molecule is COc1cc(-c2ccc(-c3ccc(C4CN(C5CCOCC5)C4)nn3)c(O)c2)nc2cn(C)nc12.Cl. The molecule has 6 rings (SSSR count). The Morgan fingerprint density at radius 3 is 2.53 bits per heavy atom. The van der Waals surface area contributed by atoms with Gasteiger partial charge in [0.15, 0.2) is 11.3 Å². The highest BCUT2D eigenvalue weighted by Crippen LogP contribution is 2.35. The lowest BCUT2D eigenvalue weighted by molar-refractivity contribution is 0.000892. The van der Waals surface area contributed by atoms with Gasteiger partial charge >= 0.3 is 0 Å². The summed E-state index contributed by atoms with van der Waals surface area (Å²) >= 11 is 0. The molecule has 0 unspecified atom stereocenters. The fourth-order valence-electron chi connectivity index (χ4n) is 5.05. The number of methoxy groups -OCH3 is 1. The van der Waals surface area contributed by atoms with E-state index in [1.807, 2.05) is 43.6 Å². The molecular formula is C26H29ClN6O3. The topological polar surface area (TPSA) is 98.4 Å². The number of phenols is 1. The van der Waals surface area contributed by atoms with E-state index in [4.69, 9.17) is 14.5 Å². The lowest BCUT2D eigenvalue weighted by atomic mass is 9.91. The van der Waals surface area contributed by atoms with Crippen molar-refractivity contribution in [3.05, 3.63) is 48.3 Å². The van der Waals surface area contributed by atoms with E-state index in [0.29, 0.717) is 40.2 Å². The Kier molecular flexibility index (Phi) is 6.79. The average molecular weight is 509 g/mol. The molecule has 9 nitrogen and oxygen atoms in total. The van der Waals surface area contributed by atoms with E-state index in [2.05, 4.69) is 20.2 Å². The zero-order valence-electron chi connectivity index (χ0n) is 20.3. The van der Waals surface area contributed by atoms with Crippen LogP contribution < -0.4 is 4.74 Å². The lowest BCUT2D eigenvalue weighted by Gasteiger charge is -2.45. The Hall–Kier alpha value is -3.27. The number of halogens is 1. The maximum Gasteiger partial charge on any atom is 0.153 e. The summed E-state index contributed by atoms with van der Waals surface area (Å²) in [5, 5.41) is 24.1. The molecule has 0 bridgehead atoms. The average Bonchev–Trinajstić information content (AvgIpc) is 3.24. The van der Waals surface area contributed by atoms with Crippen LogP contribution in [0.15, 0.2) is 42.6 Å². The highest BCUT2D eigenvalue weighted by molar-refractivity contribution is 5.85. The van der Waals surface area contributed by atoms with Gasteiger partial charge in [0, 0.05) is 62.5 Å². The lowest BCUT2D eigenvalue weighted by Crippen LogP contribution is -2.52. The summed E-state index contributed by atoms with van der Waals surface area (Å²) in [4.78, 5) is 7.22. The van der Waals surface area contributed by atoms with Gasteiger partial charge in [-0.25, -0.2) is 4.98 Å². The number of aromatic hydroxyl groups is 1. The van der Waals surface area contributed by atoms with E-state index in [0.717, 1.165) is 55.9 Å². The molecule has 188 valence electrons. The van der Waals surface area contributed by atoms with Crippen LogP contribution in [0.4, 0.5) is 0 Å². The molecule has 0 aliphatic carbocycles. The fraction of sp³-hybridized carbons (Fsp3) is 0.385. The number of hydrogen-bond donors (Lipinski definition) is 1. The number of nitrogens with zero attached hydrogens (tertiary/aromatic N) is 6. The molecule has 3 aromatic heterocycles. The molecule has 0 radical (unpaired) electrons. The molecule has 1 aromatic carbocycles. The van der Waals surface area contributed by atoms with Gasteiger partial charge in [-0.2, -0.15) is 15.3 Å².